The van der Waals surface area contributed by atoms with Gasteiger partial charge in [0.1, 0.15) is 5.52 Å². The average Bonchev–Trinajstić information content (AvgIpc) is 2.34. The number of nitrogens with one attached hydrogen (secondary N) is 1. The van der Waals surface area contributed by atoms with E-state index in [1.807, 2.05) is 12.1 Å². The molecule has 0 fully saturated rings. The molecule has 0 aliphatic carbocycles. The molecule has 0 saturated carbocycles. The van der Waals surface area contributed by atoms with E-state index in [1.165, 1.54) is 0 Å². The molecule has 0 aliphatic heterocycles. The van der Waals surface area contributed by atoms with Gasteiger partial charge in [-0.3, -0.25) is 9.97 Å². The Labute approximate surface area is 114 Å². The largest absolute Gasteiger partial charge is 0.383 e. The molecule has 0 aliphatic rings. The second-order valence-electron chi connectivity index (χ2n) is 3.70. The van der Waals surface area contributed by atoms with Gasteiger partial charge < -0.3 is 5.32 Å². The predicted octanol–water partition coefficient (Wildman–Crippen LogP) is 3.82. The molecule has 17 heavy (non-hydrogen) atoms. The molecule has 2 aromatic heterocycles. The summed E-state index contributed by atoms with van der Waals surface area (Å²) in [6.07, 6.45) is 5.66. The summed E-state index contributed by atoms with van der Waals surface area (Å²) in [6, 6.07) is 3.91. The zero-order valence-electron chi connectivity index (χ0n) is 9.29. The monoisotopic (exact) mass is 313 g/mol. The van der Waals surface area contributed by atoms with Gasteiger partial charge in [0.2, 0.25) is 0 Å². The Morgan fingerprint density at radius 2 is 2.18 bits per heavy atom. The number of anilines is 1. The first-order valence-electron chi connectivity index (χ1n) is 5.51. The SMILES string of the molecule is ClCCCCNc1ccnc2cc(Br)cnc12. The molecule has 2 heterocycles. The van der Waals surface area contributed by atoms with Crippen LogP contribution in [0.1, 0.15) is 12.8 Å². The fourth-order valence-corrected chi connectivity index (χ4v) is 2.10. The van der Waals surface area contributed by atoms with Crippen LogP contribution in [0.15, 0.2) is 29.0 Å². The average molecular weight is 315 g/mol. The summed E-state index contributed by atoms with van der Waals surface area (Å²) >= 11 is 9.03. The van der Waals surface area contributed by atoms with Crippen molar-refractivity contribution >= 4 is 44.3 Å². The molecule has 2 rings (SSSR count). The molecule has 0 saturated heterocycles. The highest BCUT2D eigenvalue weighted by Crippen LogP contribution is 2.21. The third-order valence-electron chi connectivity index (χ3n) is 2.42. The number of pyridine rings is 2. The van der Waals surface area contributed by atoms with E-state index in [-0.39, 0.29) is 0 Å². The number of fused-ring (bicyclic) bond motifs is 1. The molecule has 5 heteroatoms. The molecule has 0 unspecified atom stereocenters. The molecule has 3 nitrogen and oxygen atoms in total. The Bertz CT molecular complexity index is 504. The van der Waals surface area contributed by atoms with E-state index in [0.717, 1.165) is 40.6 Å². The highest BCUT2D eigenvalue weighted by Gasteiger charge is 2.03. The summed E-state index contributed by atoms with van der Waals surface area (Å²) in [5.74, 6) is 0.712. The second kappa shape index (κ2) is 6.17. The van der Waals surface area contributed by atoms with Crippen LogP contribution in [0.3, 0.4) is 0 Å². The molecular weight excluding hydrogens is 302 g/mol. The Morgan fingerprint density at radius 1 is 1.29 bits per heavy atom. The summed E-state index contributed by atoms with van der Waals surface area (Å²) in [6.45, 7) is 0.906. The second-order valence-corrected chi connectivity index (χ2v) is 5.00. The van der Waals surface area contributed by atoms with Crippen molar-refractivity contribution in [2.45, 2.75) is 12.8 Å². The zero-order chi connectivity index (χ0) is 12.1. The first-order chi connectivity index (χ1) is 8.31. The summed E-state index contributed by atoms with van der Waals surface area (Å²) in [5, 5.41) is 3.37. The molecule has 0 radical (unpaired) electrons. The maximum Gasteiger partial charge on any atom is 0.112 e. The smallest absolute Gasteiger partial charge is 0.112 e. The van der Waals surface area contributed by atoms with E-state index in [9.17, 15) is 0 Å². The van der Waals surface area contributed by atoms with Crippen molar-refractivity contribution in [3.8, 4) is 0 Å². The summed E-state index contributed by atoms with van der Waals surface area (Å²) in [5.41, 5.74) is 2.82. The van der Waals surface area contributed by atoms with Crippen molar-refractivity contribution in [1.29, 1.82) is 0 Å². The fraction of sp³-hybridized carbons (Fsp3) is 0.333. The van der Waals surface area contributed by atoms with Gasteiger partial charge in [-0.1, -0.05) is 0 Å². The number of aromatic nitrogens is 2. The highest BCUT2D eigenvalue weighted by molar-refractivity contribution is 9.10. The van der Waals surface area contributed by atoms with Crippen molar-refractivity contribution in [3.05, 3.63) is 29.0 Å². The molecule has 0 aromatic carbocycles. The Morgan fingerprint density at radius 3 is 3.00 bits per heavy atom. The van der Waals surface area contributed by atoms with Crippen LogP contribution in [0.4, 0.5) is 5.69 Å². The maximum absolute atomic E-state index is 5.64. The van der Waals surface area contributed by atoms with Gasteiger partial charge in [0.25, 0.3) is 0 Å². The molecule has 2 aromatic rings. The Hall–Kier alpha value is -0.870. The van der Waals surface area contributed by atoms with Crippen molar-refractivity contribution in [2.75, 3.05) is 17.7 Å². The van der Waals surface area contributed by atoms with Gasteiger partial charge in [-0.05, 0) is 40.9 Å². The first-order valence-corrected chi connectivity index (χ1v) is 6.84. The predicted molar refractivity (Wildman–Crippen MR) is 75.7 cm³/mol. The summed E-state index contributed by atoms with van der Waals surface area (Å²) in [7, 11) is 0. The summed E-state index contributed by atoms with van der Waals surface area (Å²) < 4.78 is 0.941. The van der Waals surface area contributed by atoms with Crippen LogP contribution in [-0.2, 0) is 0 Å². The van der Waals surface area contributed by atoms with Gasteiger partial charge in [0.05, 0.1) is 11.2 Å². The van der Waals surface area contributed by atoms with E-state index in [0.29, 0.717) is 5.88 Å². The third-order valence-corrected chi connectivity index (χ3v) is 3.12. The van der Waals surface area contributed by atoms with Crippen molar-refractivity contribution in [1.82, 2.24) is 9.97 Å². The number of unbranched alkanes of at least 4 members (excludes halogenated alkanes) is 1. The van der Waals surface area contributed by atoms with Crippen LogP contribution in [0.2, 0.25) is 0 Å². The minimum Gasteiger partial charge on any atom is -0.383 e. The van der Waals surface area contributed by atoms with Crippen LogP contribution in [0.25, 0.3) is 11.0 Å². The lowest BCUT2D eigenvalue weighted by Crippen LogP contribution is -2.03. The van der Waals surface area contributed by atoms with Gasteiger partial charge in [-0.2, -0.15) is 0 Å². The Balaban J connectivity index is 2.16. The van der Waals surface area contributed by atoms with Gasteiger partial charge in [0.15, 0.2) is 0 Å². The first kappa shape index (κ1) is 12.6. The lowest BCUT2D eigenvalue weighted by Gasteiger charge is -2.08. The van der Waals surface area contributed by atoms with Crippen LogP contribution >= 0.6 is 27.5 Å². The Kier molecular flexibility index (Phi) is 4.57. The molecular formula is C12H13BrClN3. The molecule has 0 spiro atoms. The van der Waals surface area contributed by atoms with Gasteiger partial charge >= 0.3 is 0 Å². The van der Waals surface area contributed by atoms with Crippen LogP contribution in [-0.4, -0.2) is 22.4 Å². The molecule has 0 amide bonds. The van der Waals surface area contributed by atoms with Crippen LogP contribution in [0.5, 0.6) is 0 Å². The number of rotatable bonds is 5. The number of hydrogen-bond acceptors (Lipinski definition) is 3. The van der Waals surface area contributed by atoms with Crippen LogP contribution < -0.4 is 5.32 Å². The van der Waals surface area contributed by atoms with Crippen molar-refractivity contribution < 1.29 is 0 Å². The minimum atomic E-state index is 0.712. The maximum atomic E-state index is 5.64. The molecule has 0 atom stereocenters. The van der Waals surface area contributed by atoms with E-state index >= 15 is 0 Å². The van der Waals surface area contributed by atoms with E-state index < -0.39 is 0 Å². The number of hydrogen-bond donors (Lipinski definition) is 1. The number of halogens is 2. The highest BCUT2D eigenvalue weighted by atomic mass is 79.9. The van der Waals surface area contributed by atoms with Crippen LogP contribution in [0, 0.1) is 0 Å². The molecule has 0 bridgehead atoms. The van der Waals surface area contributed by atoms with E-state index in [2.05, 4.69) is 31.2 Å². The summed E-state index contributed by atoms with van der Waals surface area (Å²) in [4.78, 5) is 8.68. The topological polar surface area (TPSA) is 37.8 Å². The lowest BCUT2D eigenvalue weighted by molar-refractivity contribution is 0.840. The third kappa shape index (κ3) is 3.30. The number of alkyl halides is 1. The van der Waals surface area contributed by atoms with Gasteiger partial charge in [-0.15, -0.1) is 11.6 Å². The zero-order valence-corrected chi connectivity index (χ0v) is 11.6. The quantitative estimate of drug-likeness (QED) is 0.673. The normalized spacial score (nSPS) is 10.7. The molecule has 1 N–H and O–H groups in total. The van der Waals surface area contributed by atoms with Gasteiger partial charge in [0, 0.05) is 29.3 Å². The standard InChI is InChI=1S/C12H13BrClN3/c13-9-7-11-12(17-8-9)10(3-6-16-11)15-5-2-1-4-14/h3,6-8H,1-2,4-5H2,(H,15,16). The minimum absolute atomic E-state index is 0.712. The lowest BCUT2D eigenvalue weighted by atomic mass is 10.2. The van der Waals surface area contributed by atoms with E-state index in [4.69, 9.17) is 11.6 Å². The molecule has 90 valence electrons. The number of nitrogens with zero attached hydrogens (tertiary/aromatic N) is 2. The van der Waals surface area contributed by atoms with E-state index in [1.54, 1.807) is 12.4 Å². The van der Waals surface area contributed by atoms with Gasteiger partial charge in [-0.25, -0.2) is 0 Å². The van der Waals surface area contributed by atoms with Crippen molar-refractivity contribution in [2.24, 2.45) is 0 Å². The fourth-order valence-electron chi connectivity index (χ4n) is 1.59. The van der Waals surface area contributed by atoms with Crippen molar-refractivity contribution in [3.63, 3.8) is 0 Å².